The van der Waals surface area contributed by atoms with Gasteiger partial charge in [-0.05, 0) is 42.5 Å². The second-order valence-electron chi connectivity index (χ2n) is 7.55. The van der Waals surface area contributed by atoms with E-state index in [1.165, 1.54) is 0 Å². The van der Waals surface area contributed by atoms with E-state index in [0.29, 0.717) is 18.8 Å². The molecule has 1 fully saturated rings. The zero-order valence-electron chi connectivity index (χ0n) is 17.2. The third-order valence-corrected chi connectivity index (χ3v) is 5.59. The second-order valence-corrected chi connectivity index (χ2v) is 7.55. The van der Waals surface area contributed by atoms with Crippen LogP contribution in [0.5, 0.6) is 5.75 Å². The molecule has 3 heterocycles. The fraction of sp³-hybridized carbons (Fsp3) is 0.160. The number of rotatable bonds is 5. The van der Waals surface area contributed by atoms with Gasteiger partial charge in [0.05, 0.1) is 18.5 Å². The number of methoxy groups -OCH3 is 1. The van der Waals surface area contributed by atoms with Gasteiger partial charge in [-0.1, -0.05) is 36.4 Å². The summed E-state index contributed by atoms with van der Waals surface area (Å²) in [5.74, 6) is 0.994. The maximum Gasteiger partial charge on any atom is 0.274 e. The normalized spacial score (nSPS) is 13.6. The molecule has 0 unspecified atom stereocenters. The monoisotopic (exact) mass is 410 g/mol. The first kappa shape index (κ1) is 19.1. The van der Waals surface area contributed by atoms with E-state index in [9.17, 15) is 4.79 Å². The molecule has 2 aromatic carbocycles. The quantitative estimate of drug-likeness (QED) is 0.495. The van der Waals surface area contributed by atoms with Crippen LogP contribution in [0.25, 0.3) is 16.9 Å². The molecular formula is C25H22N4O2. The number of carbonyl (C=O) groups excluding carboxylic acids is 1. The van der Waals surface area contributed by atoms with E-state index in [0.717, 1.165) is 28.4 Å². The molecule has 1 saturated heterocycles. The van der Waals surface area contributed by atoms with Crippen molar-refractivity contribution in [3.05, 3.63) is 96.4 Å². The van der Waals surface area contributed by atoms with Crippen LogP contribution in [0.15, 0.2) is 85.1 Å². The number of pyridine rings is 1. The highest BCUT2D eigenvalue weighted by molar-refractivity contribution is 5.94. The summed E-state index contributed by atoms with van der Waals surface area (Å²) < 4.78 is 7.09. The molecule has 154 valence electrons. The van der Waals surface area contributed by atoms with Crippen LogP contribution in [0.4, 0.5) is 0 Å². The van der Waals surface area contributed by atoms with Gasteiger partial charge in [-0.15, -0.1) is 0 Å². The number of nitrogens with zero attached hydrogens (tertiary/aromatic N) is 4. The lowest BCUT2D eigenvalue weighted by Crippen LogP contribution is -2.48. The van der Waals surface area contributed by atoms with Crippen LogP contribution >= 0.6 is 0 Å². The SMILES string of the molecule is COc1ccc(-n2nc(C(=O)N3CC(c4ccccn4)C3)cc2-c2ccccc2)cc1. The summed E-state index contributed by atoms with van der Waals surface area (Å²) in [5, 5.41) is 4.68. The lowest BCUT2D eigenvalue weighted by molar-refractivity contribution is 0.0592. The zero-order chi connectivity index (χ0) is 21.2. The Morgan fingerprint density at radius 2 is 1.71 bits per heavy atom. The number of hydrogen-bond acceptors (Lipinski definition) is 4. The van der Waals surface area contributed by atoms with Crippen molar-refractivity contribution in [3.63, 3.8) is 0 Å². The van der Waals surface area contributed by atoms with Crippen LogP contribution in [0.3, 0.4) is 0 Å². The van der Waals surface area contributed by atoms with Crippen LogP contribution in [0.2, 0.25) is 0 Å². The molecule has 6 heteroatoms. The molecule has 1 aliphatic heterocycles. The number of aromatic nitrogens is 3. The predicted molar refractivity (Wildman–Crippen MR) is 118 cm³/mol. The molecule has 0 atom stereocenters. The number of benzene rings is 2. The Morgan fingerprint density at radius 3 is 2.39 bits per heavy atom. The van der Waals surface area contributed by atoms with E-state index in [1.54, 1.807) is 13.3 Å². The summed E-state index contributed by atoms with van der Waals surface area (Å²) in [7, 11) is 1.64. The Morgan fingerprint density at radius 1 is 0.968 bits per heavy atom. The molecule has 0 aliphatic carbocycles. The predicted octanol–water partition coefficient (Wildman–Crippen LogP) is 4.18. The number of amides is 1. The second kappa shape index (κ2) is 8.07. The molecule has 0 N–H and O–H groups in total. The molecular weight excluding hydrogens is 388 g/mol. The molecule has 31 heavy (non-hydrogen) atoms. The first-order valence-corrected chi connectivity index (χ1v) is 10.2. The van der Waals surface area contributed by atoms with Gasteiger partial charge in [0.15, 0.2) is 5.69 Å². The Hall–Kier alpha value is -3.93. The van der Waals surface area contributed by atoms with Gasteiger partial charge in [-0.3, -0.25) is 9.78 Å². The minimum absolute atomic E-state index is 0.0587. The molecule has 4 aromatic rings. The van der Waals surface area contributed by atoms with Crippen LogP contribution in [0, 0.1) is 0 Å². The van der Waals surface area contributed by atoms with Crippen LogP contribution < -0.4 is 4.74 Å². The van der Waals surface area contributed by atoms with Crippen LogP contribution in [-0.4, -0.2) is 45.8 Å². The van der Waals surface area contributed by atoms with Gasteiger partial charge in [-0.2, -0.15) is 5.10 Å². The Balaban J connectivity index is 1.44. The van der Waals surface area contributed by atoms with Crippen LogP contribution in [0.1, 0.15) is 22.1 Å². The van der Waals surface area contributed by atoms with Gasteiger partial charge < -0.3 is 9.64 Å². The van der Waals surface area contributed by atoms with Crippen molar-refractivity contribution >= 4 is 5.91 Å². The van der Waals surface area contributed by atoms with Crippen molar-refractivity contribution < 1.29 is 9.53 Å². The summed E-state index contributed by atoms with van der Waals surface area (Å²) >= 11 is 0. The number of hydrogen-bond donors (Lipinski definition) is 0. The lowest BCUT2D eigenvalue weighted by atomic mass is 9.95. The van der Waals surface area contributed by atoms with Gasteiger partial charge in [0.25, 0.3) is 5.91 Å². The minimum Gasteiger partial charge on any atom is -0.497 e. The van der Waals surface area contributed by atoms with E-state index < -0.39 is 0 Å². The van der Waals surface area contributed by atoms with Crippen molar-refractivity contribution in [2.75, 3.05) is 20.2 Å². The fourth-order valence-electron chi connectivity index (χ4n) is 3.83. The van der Waals surface area contributed by atoms with E-state index in [4.69, 9.17) is 4.74 Å². The first-order chi connectivity index (χ1) is 15.2. The maximum absolute atomic E-state index is 13.1. The van der Waals surface area contributed by atoms with E-state index in [-0.39, 0.29) is 11.8 Å². The maximum atomic E-state index is 13.1. The summed E-state index contributed by atoms with van der Waals surface area (Å²) in [4.78, 5) is 19.4. The van der Waals surface area contributed by atoms with Gasteiger partial charge in [0.1, 0.15) is 5.75 Å². The van der Waals surface area contributed by atoms with E-state index in [1.807, 2.05) is 88.4 Å². The highest BCUT2D eigenvalue weighted by Crippen LogP contribution is 2.29. The van der Waals surface area contributed by atoms with Gasteiger partial charge in [0.2, 0.25) is 0 Å². The lowest BCUT2D eigenvalue weighted by Gasteiger charge is -2.38. The van der Waals surface area contributed by atoms with E-state index >= 15 is 0 Å². The third-order valence-electron chi connectivity index (χ3n) is 5.59. The van der Waals surface area contributed by atoms with Crippen molar-refractivity contribution in [2.45, 2.75) is 5.92 Å². The largest absolute Gasteiger partial charge is 0.497 e. The fourth-order valence-corrected chi connectivity index (χ4v) is 3.83. The smallest absolute Gasteiger partial charge is 0.274 e. The Bertz CT molecular complexity index is 1180. The first-order valence-electron chi connectivity index (χ1n) is 10.2. The number of carbonyl (C=O) groups is 1. The van der Waals surface area contributed by atoms with E-state index in [2.05, 4.69) is 10.1 Å². The zero-order valence-corrected chi connectivity index (χ0v) is 17.2. The van der Waals surface area contributed by atoms with Gasteiger partial charge in [-0.25, -0.2) is 4.68 Å². The summed E-state index contributed by atoms with van der Waals surface area (Å²) in [6, 6.07) is 25.4. The summed E-state index contributed by atoms with van der Waals surface area (Å²) in [5.41, 5.74) is 4.21. The summed E-state index contributed by atoms with van der Waals surface area (Å²) in [6.07, 6.45) is 1.79. The van der Waals surface area contributed by atoms with Gasteiger partial charge in [0, 0.05) is 36.5 Å². The van der Waals surface area contributed by atoms with Crippen molar-refractivity contribution in [1.82, 2.24) is 19.7 Å². The topological polar surface area (TPSA) is 60.3 Å². The average Bonchev–Trinajstić information content (AvgIpc) is 3.25. The minimum atomic E-state index is -0.0587. The molecule has 0 bridgehead atoms. The molecule has 5 rings (SSSR count). The molecule has 6 nitrogen and oxygen atoms in total. The average molecular weight is 410 g/mol. The highest BCUT2D eigenvalue weighted by atomic mass is 16.5. The van der Waals surface area contributed by atoms with Gasteiger partial charge >= 0.3 is 0 Å². The molecule has 0 radical (unpaired) electrons. The van der Waals surface area contributed by atoms with Crippen molar-refractivity contribution in [3.8, 4) is 22.7 Å². The summed E-state index contributed by atoms with van der Waals surface area (Å²) in [6.45, 7) is 1.32. The van der Waals surface area contributed by atoms with Crippen molar-refractivity contribution in [2.24, 2.45) is 0 Å². The molecule has 2 aromatic heterocycles. The standard InChI is InChI=1S/C25H22N4O2/c1-31-21-12-10-20(11-13-21)29-24(18-7-3-2-4-8-18)15-23(27-29)25(30)28-16-19(17-28)22-9-5-6-14-26-22/h2-15,19H,16-17H2,1H3. The highest BCUT2D eigenvalue weighted by Gasteiger charge is 2.34. The third kappa shape index (κ3) is 3.68. The van der Waals surface area contributed by atoms with Crippen molar-refractivity contribution in [1.29, 1.82) is 0 Å². The molecule has 1 aliphatic rings. The number of likely N-dealkylation sites (tertiary alicyclic amines) is 1. The molecule has 0 saturated carbocycles. The Kier molecular flexibility index (Phi) is 4.96. The number of ether oxygens (including phenoxy) is 1. The molecule has 1 amide bonds. The Labute approximate surface area is 180 Å². The molecule has 0 spiro atoms. The van der Waals surface area contributed by atoms with Crippen LogP contribution in [-0.2, 0) is 0 Å².